The molecule has 0 amide bonds. The van der Waals surface area contributed by atoms with Crippen molar-refractivity contribution in [1.82, 2.24) is 4.98 Å². The number of aromatic nitrogens is 1. The smallest absolute Gasteiger partial charge is 0.163 e. The number of hydrogen-bond donors (Lipinski definition) is 1. The van der Waals surface area contributed by atoms with E-state index in [4.69, 9.17) is 23.7 Å². The zero-order valence-electron chi connectivity index (χ0n) is 17.8. The summed E-state index contributed by atoms with van der Waals surface area (Å²) in [6.45, 7) is 1.14. The Hall–Kier alpha value is -4.13. The van der Waals surface area contributed by atoms with Gasteiger partial charge in [-0.1, -0.05) is 0 Å². The SMILES string of the molecule is COc1cc2nccc(Oc3ccc(Nc4ccc5c(c4)OCCO5)cc3)c2cc1OC. The maximum atomic E-state index is 6.14. The Morgan fingerprint density at radius 3 is 2.25 bits per heavy atom. The topological polar surface area (TPSA) is 71.1 Å². The van der Waals surface area contributed by atoms with Crippen LogP contribution in [0.4, 0.5) is 11.4 Å². The number of ether oxygens (including phenoxy) is 5. The first-order valence-corrected chi connectivity index (χ1v) is 10.2. The highest BCUT2D eigenvalue weighted by Crippen LogP contribution is 2.37. The van der Waals surface area contributed by atoms with Gasteiger partial charge in [0.2, 0.25) is 0 Å². The molecule has 1 aromatic heterocycles. The molecule has 0 saturated carbocycles. The monoisotopic (exact) mass is 430 g/mol. The highest BCUT2D eigenvalue weighted by atomic mass is 16.6. The molecule has 1 aliphatic heterocycles. The van der Waals surface area contributed by atoms with Crippen molar-refractivity contribution in [1.29, 1.82) is 0 Å². The number of hydrogen-bond acceptors (Lipinski definition) is 7. The van der Waals surface area contributed by atoms with Crippen LogP contribution in [0.3, 0.4) is 0 Å². The van der Waals surface area contributed by atoms with Gasteiger partial charge in [-0.25, -0.2) is 0 Å². The number of rotatable bonds is 6. The fourth-order valence-corrected chi connectivity index (χ4v) is 3.56. The summed E-state index contributed by atoms with van der Waals surface area (Å²) in [7, 11) is 3.21. The van der Waals surface area contributed by atoms with Crippen LogP contribution in [0.5, 0.6) is 34.5 Å². The van der Waals surface area contributed by atoms with E-state index in [2.05, 4.69) is 10.3 Å². The Kier molecular flexibility index (Phi) is 5.29. The first kappa shape index (κ1) is 19.8. The van der Waals surface area contributed by atoms with Gasteiger partial charge >= 0.3 is 0 Å². The van der Waals surface area contributed by atoms with Crippen LogP contribution in [0.25, 0.3) is 10.9 Å². The Morgan fingerprint density at radius 2 is 1.47 bits per heavy atom. The largest absolute Gasteiger partial charge is 0.493 e. The maximum absolute atomic E-state index is 6.14. The van der Waals surface area contributed by atoms with Crippen molar-refractivity contribution < 1.29 is 23.7 Å². The predicted molar refractivity (Wildman–Crippen MR) is 122 cm³/mol. The standard InChI is InChI=1S/C25H22N2O5/c1-28-23-14-19-20(15-24(23)29-2)26-10-9-21(19)32-18-6-3-16(4-7-18)27-17-5-8-22-25(13-17)31-12-11-30-22/h3-10,13-15,27H,11-12H2,1-2H3. The second-order valence-electron chi connectivity index (χ2n) is 7.14. The van der Waals surface area contributed by atoms with Gasteiger partial charge < -0.3 is 29.0 Å². The van der Waals surface area contributed by atoms with E-state index >= 15 is 0 Å². The van der Waals surface area contributed by atoms with Gasteiger partial charge in [-0.3, -0.25) is 4.98 Å². The van der Waals surface area contributed by atoms with E-state index in [0.29, 0.717) is 36.2 Å². The van der Waals surface area contributed by atoms with Crippen molar-refractivity contribution in [2.75, 3.05) is 32.8 Å². The van der Waals surface area contributed by atoms with Crippen molar-refractivity contribution in [3.8, 4) is 34.5 Å². The van der Waals surface area contributed by atoms with Crippen molar-refractivity contribution in [2.24, 2.45) is 0 Å². The van der Waals surface area contributed by atoms with Gasteiger partial charge in [0.25, 0.3) is 0 Å². The quantitative estimate of drug-likeness (QED) is 0.429. The van der Waals surface area contributed by atoms with E-state index in [1.54, 1.807) is 20.4 Å². The lowest BCUT2D eigenvalue weighted by atomic mass is 10.2. The van der Waals surface area contributed by atoms with Gasteiger partial charge in [-0.05, 0) is 48.5 Å². The third-order valence-electron chi connectivity index (χ3n) is 5.12. The molecule has 2 heterocycles. The van der Waals surface area contributed by atoms with Crippen LogP contribution >= 0.6 is 0 Å². The Morgan fingerprint density at radius 1 is 0.750 bits per heavy atom. The average Bonchev–Trinajstić information content (AvgIpc) is 2.84. The molecule has 5 rings (SSSR count). The third-order valence-corrected chi connectivity index (χ3v) is 5.12. The average molecular weight is 430 g/mol. The minimum Gasteiger partial charge on any atom is -0.493 e. The molecule has 1 N–H and O–H groups in total. The number of pyridine rings is 1. The van der Waals surface area contributed by atoms with E-state index in [1.807, 2.05) is 60.7 Å². The number of nitrogens with one attached hydrogen (secondary N) is 1. The number of nitrogens with zero attached hydrogens (tertiary/aromatic N) is 1. The highest BCUT2D eigenvalue weighted by molar-refractivity contribution is 5.88. The van der Waals surface area contributed by atoms with Crippen LogP contribution in [0, 0.1) is 0 Å². The fraction of sp³-hybridized carbons (Fsp3) is 0.160. The van der Waals surface area contributed by atoms with Crippen molar-refractivity contribution in [2.45, 2.75) is 0 Å². The predicted octanol–water partition coefficient (Wildman–Crippen LogP) is 5.56. The number of methoxy groups -OCH3 is 2. The van der Waals surface area contributed by atoms with Crippen molar-refractivity contribution in [3.63, 3.8) is 0 Å². The molecule has 162 valence electrons. The molecule has 32 heavy (non-hydrogen) atoms. The van der Waals surface area contributed by atoms with E-state index in [-0.39, 0.29) is 0 Å². The second kappa shape index (κ2) is 8.55. The van der Waals surface area contributed by atoms with Crippen LogP contribution < -0.4 is 29.0 Å². The minimum absolute atomic E-state index is 0.560. The summed E-state index contributed by atoms with van der Waals surface area (Å²) < 4.78 is 28.2. The van der Waals surface area contributed by atoms with E-state index in [1.165, 1.54) is 0 Å². The fourth-order valence-electron chi connectivity index (χ4n) is 3.56. The Balaban J connectivity index is 1.35. The lowest BCUT2D eigenvalue weighted by Crippen LogP contribution is -2.15. The van der Waals surface area contributed by atoms with Crippen LogP contribution in [0.15, 0.2) is 66.9 Å². The molecule has 0 unspecified atom stereocenters. The summed E-state index contributed by atoms with van der Waals surface area (Å²) >= 11 is 0. The Labute approximate surface area is 185 Å². The van der Waals surface area contributed by atoms with Gasteiger partial charge in [0.1, 0.15) is 24.7 Å². The summed E-state index contributed by atoms with van der Waals surface area (Å²) in [5, 5.41) is 4.21. The lowest BCUT2D eigenvalue weighted by molar-refractivity contribution is 0.171. The normalized spacial score (nSPS) is 12.3. The molecule has 0 spiro atoms. The van der Waals surface area contributed by atoms with Crippen LogP contribution in [0.2, 0.25) is 0 Å². The maximum Gasteiger partial charge on any atom is 0.163 e. The number of benzene rings is 3. The summed E-state index contributed by atoms with van der Waals surface area (Å²) in [4.78, 5) is 4.41. The molecule has 3 aromatic carbocycles. The molecule has 7 heteroatoms. The number of anilines is 2. The van der Waals surface area contributed by atoms with Crippen LogP contribution in [-0.4, -0.2) is 32.4 Å². The summed E-state index contributed by atoms with van der Waals surface area (Å²) in [6.07, 6.45) is 1.71. The molecule has 0 atom stereocenters. The highest BCUT2D eigenvalue weighted by Gasteiger charge is 2.13. The first-order chi connectivity index (χ1) is 15.7. The molecule has 7 nitrogen and oxygen atoms in total. The van der Waals surface area contributed by atoms with Gasteiger partial charge in [-0.2, -0.15) is 0 Å². The molecule has 0 radical (unpaired) electrons. The van der Waals surface area contributed by atoms with Crippen molar-refractivity contribution in [3.05, 3.63) is 66.9 Å². The van der Waals surface area contributed by atoms with Crippen molar-refractivity contribution >= 4 is 22.3 Å². The van der Waals surface area contributed by atoms with E-state index in [0.717, 1.165) is 33.8 Å². The molecule has 4 aromatic rings. The van der Waals surface area contributed by atoms with E-state index in [9.17, 15) is 0 Å². The van der Waals surface area contributed by atoms with E-state index < -0.39 is 0 Å². The Bertz CT molecular complexity index is 1260. The van der Waals surface area contributed by atoms with Gasteiger partial charge in [0, 0.05) is 35.1 Å². The summed E-state index contributed by atoms with van der Waals surface area (Å²) in [5.41, 5.74) is 2.61. The third kappa shape index (κ3) is 3.92. The number of fused-ring (bicyclic) bond motifs is 2. The zero-order chi connectivity index (χ0) is 21.9. The minimum atomic E-state index is 0.560. The summed E-state index contributed by atoms with van der Waals surface area (Å²) in [6, 6.07) is 19.1. The van der Waals surface area contributed by atoms with Gasteiger partial charge in [0.15, 0.2) is 23.0 Å². The zero-order valence-corrected chi connectivity index (χ0v) is 17.8. The summed E-state index contributed by atoms with van der Waals surface area (Å²) in [5.74, 6) is 4.15. The molecule has 0 bridgehead atoms. The lowest BCUT2D eigenvalue weighted by Gasteiger charge is -2.19. The van der Waals surface area contributed by atoms with Crippen LogP contribution in [-0.2, 0) is 0 Å². The molecule has 0 fully saturated rings. The van der Waals surface area contributed by atoms with Gasteiger partial charge in [-0.15, -0.1) is 0 Å². The molecular weight excluding hydrogens is 408 g/mol. The molecule has 1 aliphatic rings. The molecule has 0 saturated heterocycles. The second-order valence-corrected chi connectivity index (χ2v) is 7.14. The molecule has 0 aliphatic carbocycles. The van der Waals surface area contributed by atoms with Gasteiger partial charge in [0.05, 0.1) is 19.7 Å². The molecular formula is C25H22N2O5. The van der Waals surface area contributed by atoms with Crippen LogP contribution in [0.1, 0.15) is 0 Å². The first-order valence-electron chi connectivity index (χ1n) is 10.2.